The molecule has 0 saturated carbocycles. The molecule has 0 amide bonds. The highest BCUT2D eigenvalue weighted by molar-refractivity contribution is 9.10. The predicted molar refractivity (Wildman–Crippen MR) is 89.9 cm³/mol. The van der Waals surface area contributed by atoms with Crippen LogP contribution in [0.2, 0.25) is 0 Å². The van der Waals surface area contributed by atoms with Crippen molar-refractivity contribution < 1.29 is 4.74 Å². The second-order valence-corrected chi connectivity index (χ2v) is 5.72. The monoisotopic (exact) mass is 333 g/mol. The summed E-state index contributed by atoms with van der Waals surface area (Å²) in [4.78, 5) is 0. The summed E-state index contributed by atoms with van der Waals surface area (Å²) in [6.07, 6.45) is 0. The molecular formula is C17H20BrNO. The van der Waals surface area contributed by atoms with E-state index in [4.69, 9.17) is 4.74 Å². The Morgan fingerprint density at radius 3 is 2.05 bits per heavy atom. The molecule has 2 nitrogen and oxygen atoms in total. The predicted octanol–water partition coefficient (Wildman–Crippen LogP) is 5.09. The Morgan fingerprint density at radius 1 is 0.950 bits per heavy atom. The molecule has 1 N–H and O–H groups in total. The van der Waals surface area contributed by atoms with Crippen molar-refractivity contribution in [2.45, 2.75) is 20.8 Å². The van der Waals surface area contributed by atoms with Crippen LogP contribution in [-0.2, 0) is 0 Å². The zero-order valence-electron chi connectivity index (χ0n) is 12.6. The second kappa shape index (κ2) is 5.88. The minimum absolute atomic E-state index is 0.959. The molecular weight excluding hydrogens is 314 g/mol. The molecule has 3 heteroatoms. The lowest BCUT2D eigenvalue weighted by Crippen LogP contribution is -1.99. The molecule has 0 aromatic heterocycles. The number of benzene rings is 2. The molecule has 20 heavy (non-hydrogen) atoms. The van der Waals surface area contributed by atoms with E-state index in [9.17, 15) is 0 Å². The van der Waals surface area contributed by atoms with Crippen molar-refractivity contribution in [1.82, 2.24) is 0 Å². The van der Waals surface area contributed by atoms with E-state index < -0.39 is 0 Å². The van der Waals surface area contributed by atoms with Gasteiger partial charge in [-0.05, 0) is 55.2 Å². The normalized spacial score (nSPS) is 10.5. The molecule has 0 radical (unpaired) electrons. The second-order valence-electron chi connectivity index (χ2n) is 4.92. The number of halogens is 1. The number of anilines is 1. The number of ether oxygens (including phenoxy) is 1. The van der Waals surface area contributed by atoms with Crippen molar-refractivity contribution in [2.75, 3.05) is 19.5 Å². The van der Waals surface area contributed by atoms with Crippen molar-refractivity contribution in [2.24, 2.45) is 0 Å². The average Bonchev–Trinajstić information content (AvgIpc) is 2.48. The molecule has 0 fully saturated rings. The van der Waals surface area contributed by atoms with E-state index in [-0.39, 0.29) is 0 Å². The fourth-order valence-electron chi connectivity index (χ4n) is 2.49. The minimum atomic E-state index is 0.959. The first-order valence-electron chi connectivity index (χ1n) is 6.62. The summed E-state index contributed by atoms with van der Waals surface area (Å²) in [7, 11) is 3.66. The number of rotatable bonds is 3. The summed E-state index contributed by atoms with van der Waals surface area (Å²) in [5, 5.41) is 3.14. The molecule has 2 rings (SSSR count). The van der Waals surface area contributed by atoms with Gasteiger partial charge in [0.25, 0.3) is 0 Å². The van der Waals surface area contributed by atoms with E-state index in [2.05, 4.69) is 66.3 Å². The zero-order chi connectivity index (χ0) is 14.9. The van der Waals surface area contributed by atoms with Crippen molar-refractivity contribution in [3.8, 4) is 16.9 Å². The Kier molecular flexibility index (Phi) is 4.39. The van der Waals surface area contributed by atoms with E-state index in [0.29, 0.717) is 0 Å². The molecule has 106 valence electrons. The summed E-state index contributed by atoms with van der Waals surface area (Å²) in [5.41, 5.74) is 7.05. The van der Waals surface area contributed by atoms with Crippen LogP contribution in [-0.4, -0.2) is 14.2 Å². The van der Waals surface area contributed by atoms with Crippen LogP contribution in [0.5, 0.6) is 5.75 Å². The highest BCUT2D eigenvalue weighted by Crippen LogP contribution is 2.42. The summed E-state index contributed by atoms with van der Waals surface area (Å²) in [6, 6.07) is 8.41. The van der Waals surface area contributed by atoms with Crippen LogP contribution >= 0.6 is 15.9 Å². The molecule has 0 aliphatic heterocycles. The molecule has 0 unspecified atom stereocenters. The lowest BCUT2D eigenvalue weighted by molar-refractivity contribution is 0.412. The third-order valence-corrected chi connectivity index (χ3v) is 5.02. The zero-order valence-corrected chi connectivity index (χ0v) is 14.2. The SMILES string of the molecule is CNc1ccc(-c2c(C)c(Br)c(C)c(C)c2OC)cc1. The lowest BCUT2D eigenvalue weighted by atomic mass is 9.94. The van der Waals surface area contributed by atoms with Gasteiger partial charge in [-0.2, -0.15) is 0 Å². The topological polar surface area (TPSA) is 21.3 Å². The molecule has 2 aromatic carbocycles. The smallest absolute Gasteiger partial charge is 0.130 e. The van der Waals surface area contributed by atoms with Gasteiger partial charge in [-0.15, -0.1) is 0 Å². The minimum Gasteiger partial charge on any atom is -0.496 e. The Morgan fingerprint density at radius 2 is 1.55 bits per heavy atom. The molecule has 0 aliphatic carbocycles. The molecule has 0 atom stereocenters. The van der Waals surface area contributed by atoms with E-state index in [1.165, 1.54) is 22.3 Å². The summed E-state index contributed by atoms with van der Waals surface area (Å²) in [6.45, 7) is 6.34. The van der Waals surface area contributed by atoms with Crippen LogP contribution in [0.25, 0.3) is 11.1 Å². The van der Waals surface area contributed by atoms with Gasteiger partial charge < -0.3 is 10.1 Å². The van der Waals surface area contributed by atoms with Gasteiger partial charge in [-0.1, -0.05) is 28.1 Å². The number of methoxy groups -OCH3 is 1. The molecule has 0 bridgehead atoms. The van der Waals surface area contributed by atoms with Crippen molar-refractivity contribution >= 4 is 21.6 Å². The van der Waals surface area contributed by atoms with Crippen LogP contribution in [0.4, 0.5) is 5.69 Å². The first-order chi connectivity index (χ1) is 9.51. The summed E-state index contributed by atoms with van der Waals surface area (Å²) in [5.74, 6) is 0.959. The number of hydrogen-bond donors (Lipinski definition) is 1. The van der Waals surface area contributed by atoms with Gasteiger partial charge in [-0.25, -0.2) is 0 Å². The number of nitrogens with one attached hydrogen (secondary N) is 1. The van der Waals surface area contributed by atoms with Gasteiger partial charge >= 0.3 is 0 Å². The Balaban J connectivity index is 2.71. The molecule has 2 aromatic rings. The van der Waals surface area contributed by atoms with Crippen molar-refractivity contribution in [1.29, 1.82) is 0 Å². The highest BCUT2D eigenvalue weighted by Gasteiger charge is 2.17. The lowest BCUT2D eigenvalue weighted by Gasteiger charge is -2.19. The van der Waals surface area contributed by atoms with Gasteiger partial charge in [0.15, 0.2) is 0 Å². The van der Waals surface area contributed by atoms with Gasteiger partial charge in [-0.3, -0.25) is 0 Å². The highest BCUT2D eigenvalue weighted by atomic mass is 79.9. The maximum absolute atomic E-state index is 5.67. The van der Waals surface area contributed by atoms with Gasteiger partial charge in [0.1, 0.15) is 5.75 Å². The van der Waals surface area contributed by atoms with Crippen LogP contribution in [0.15, 0.2) is 28.7 Å². The Hall–Kier alpha value is -1.48. The van der Waals surface area contributed by atoms with Crippen LogP contribution in [0, 0.1) is 20.8 Å². The van der Waals surface area contributed by atoms with E-state index in [1.807, 2.05) is 7.05 Å². The van der Waals surface area contributed by atoms with Crippen molar-refractivity contribution in [3.05, 3.63) is 45.4 Å². The van der Waals surface area contributed by atoms with Crippen LogP contribution in [0.3, 0.4) is 0 Å². The van der Waals surface area contributed by atoms with E-state index in [0.717, 1.165) is 21.5 Å². The first kappa shape index (κ1) is 14.9. The third kappa shape index (κ3) is 2.42. The summed E-state index contributed by atoms with van der Waals surface area (Å²) >= 11 is 3.70. The van der Waals surface area contributed by atoms with E-state index >= 15 is 0 Å². The standard InChI is InChI=1S/C17H20BrNO/c1-10-11(2)17(20-5)15(12(3)16(10)18)13-6-8-14(19-4)9-7-13/h6-9,19H,1-5H3. The van der Waals surface area contributed by atoms with E-state index in [1.54, 1.807) is 7.11 Å². The number of hydrogen-bond acceptors (Lipinski definition) is 2. The van der Waals surface area contributed by atoms with Crippen LogP contribution < -0.4 is 10.1 Å². The molecule has 0 saturated heterocycles. The largest absolute Gasteiger partial charge is 0.496 e. The third-order valence-electron chi connectivity index (χ3n) is 3.83. The Bertz CT molecular complexity index is 633. The van der Waals surface area contributed by atoms with Gasteiger partial charge in [0.2, 0.25) is 0 Å². The average molecular weight is 334 g/mol. The first-order valence-corrected chi connectivity index (χ1v) is 7.42. The molecule has 0 aliphatic rings. The fourth-order valence-corrected chi connectivity index (χ4v) is 2.99. The quantitative estimate of drug-likeness (QED) is 0.844. The van der Waals surface area contributed by atoms with Crippen molar-refractivity contribution in [3.63, 3.8) is 0 Å². The van der Waals surface area contributed by atoms with Crippen LogP contribution in [0.1, 0.15) is 16.7 Å². The fraction of sp³-hybridized carbons (Fsp3) is 0.294. The van der Waals surface area contributed by atoms with Gasteiger partial charge in [0, 0.05) is 22.8 Å². The molecule has 0 heterocycles. The van der Waals surface area contributed by atoms with Gasteiger partial charge in [0.05, 0.1) is 7.11 Å². The maximum Gasteiger partial charge on any atom is 0.130 e. The summed E-state index contributed by atoms with van der Waals surface area (Å²) < 4.78 is 6.82. The maximum atomic E-state index is 5.67. The Labute approximate surface area is 129 Å². The molecule has 0 spiro atoms.